The van der Waals surface area contributed by atoms with Gasteiger partial charge in [0.05, 0.1) is 0 Å². The van der Waals surface area contributed by atoms with E-state index in [0.717, 1.165) is 0 Å². The fraction of sp³-hybridized carbons (Fsp3) is 0.417. The predicted molar refractivity (Wildman–Crippen MR) is 70.4 cm³/mol. The Morgan fingerprint density at radius 3 is 2.72 bits per heavy atom. The molecule has 0 spiro atoms. The highest BCUT2D eigenvalue weighted by atomic mass is 79.9. The Morgan fingerprint density at radius 1 is 1.56 bits per heavy atom. The lowest BCUT2D eigenvalue weighted by atomic mass is 9.96. The van der Waals surface area contributed by atoms with Crippen molar-refractivity contribution in [1.82, 2.24) is 10.3 Å². The molecule has 1 aromatic heterocycles. The molecule has 0 fully saturated rings. The number of carboxylic acid groups (broad SMARTS) is 1. The van der Waals surface area contributed by atoms with Crippen LogP contribution < -0.4 is 5.32 Å². The summed E-state index contributed by atoms with van der Waals surface area (Å²) in [7, 11) is 0. The van der Waals surface area contributed by atoms with Crippen LogP contribution in [0.2, 0.25) is 0 Å². The first-order chi connectivity index (χ1) is 8.39. The monoisotopic (exact) mass is 314 g/mol. The molecule has 0 saturated heterocycles. The molecule has 98 valence electrons. The molecule has 0 aliphatic rings. The minimum Gasteiger partial charge on any atom is -0.480 e. The van der Waals surface area contributed by atoms with E-state index in [1.807, 2.05) is 6.92 Å². The van der Waals surface area contributed by atoms with Crippen LogP contribution in [-0.2, 0) is 4.79 Å². The number of aliphatic carboxylic acids is 1. The largest absolute Gasteiger partial charge is 0.480 e. The van der Waals surface area contributed by atoms with Gasteiger partial charge >= 0.3 is 5.97 Å². The maximum absolute atomic E-state index is 12.0. The average molecular weight is 315 g/mol. The van der Waals surface area contributed by atoms with Crippen LogP contribution in [0.1, 0.15) is 37.0 Å². The van der Waals surface area contributed by atoms with E-state index >= 15 is 0 Å². The van der Waals surface area contributed by atoms with E-state index in [9.17, 15) is 14.7 Å². The molecule has 0 aliphatic carbocycles. The molecule has 0 saturated carbocycles. The second kappa shape index (κ2) is 5.95. The summed E-state index contributed by atoms with van der Waals surface area (Å²) in [6, 6.07) is 3.08. The van der Waals surface area contributed by atoms with E-state index in [1.54, 1.807) is 6.07 Å². The zero-order valence-electron chi connectivity index (χ0n) is 10.2. The number of rotatable bonds is 5. The van der Waals surface area contributed by atoms with Crippen LogP contribution in [0, 0.1) is 0 Å². The van der Waals surface area contributed by atoms with Crippen molar-refractivity contribution in [1.29, 1.82) is 0 Å². The van der Waals surface area contributed by atoms with Gasteiger partial charge in [-0.05, 0) is 41.4 Å². The van der Waals surface area contributed by atoms with Gasteiger partial charge < -0.3 is 10.4 Å². The standard InChI is InChI=1S/C12H15BrN2O3/c1-3-5-12(2,11(17)18)15-10(16)8-4-6-14-9(13)7-8/h4,6-7H,3,5H2,1-2H3,(H,15,16)(H,17,18). The summed E-state index contributed by atoms with van der Waals surface area (Å²) in [6.45, 7) is 3.38. The maximum atomic E-state index is 12.0. The molecule has 1 aromatic rings. The van der Waals surface area contributed by atoms with Gasteiger partial charge in [-0.3, -0.25) is 4.79 Å². The van der Waals surface area contributed by atoms with Gasteiger partial charge in [0.2, 0.25) is 0 Å². The number of amides is 1. The molecule has 1 atom stereocenters. The number of carboxylic acids is 1. The van der Waals surface area contributed by atoms with Gasteiger partial charge in [-0.1, -0.05) is 13.3 Å². The lowest BCUT2D eigenvalue weighted by Crippen LogP contribution is -2.52. The highest BCUT2D eigenvalue weighted by molar-refractivity contribution is 9.10. The Hall–Kier alpha value is -1.43. The van der Waals surface area contributed by atoms with E-state index in [2.05, 4.69) is 26.2 Å². The summed E-state index contributed by atoms with van der Waals surface area (Å²) in [5.74, 6) is -1.46. The lowest BCUT2D eigenvalue weighted by molar-refractivity contribution is -0.144. The Morgan fingerprint density at radius 2 is 2.22 bits per heavy atom. The van der Waals surface area contributed by atoms with Crippen LogP contribution in [-0.4, -0.2) is 27.5 Å². The van der Waals surface area contributed by atoms with Gasteiger partial charge in [0, 0.05) is 11.8 Å². The zero-order chi connectivity index (χ0) is 13.8. The summed E-state index contributed by atoms with van der Waals surface area (Å²) < 4.78 is 0.530. The van der Waals surface area contributed by atoms with Crippen LogP contribution in [0.3, 0.4) is 0 Å². The van der Waals surface area contributed by atoms with Crippen molar-refractivity contribution < 1.29 is 14.7 Å². The zero-order valence-corrected chi connectivity index (χ0v) is 11.8. The average Bonchev–Trinajstić information content (AvgIpc) is 2.29. The summed E-state index contributed by atoms with van der Waals surface area (Å²) in [4.78, 5) is 27.1. The molecule has 5 nitrogen and oxygen atoms in total. The number of nitrogens with one attached hydrogen (secondary N) is 1. The highest BCUT2D eigenvalue weighted by Gasteiger charge is 2.34. The minimum atomic E-state index is -1.25. The van der Waals surface area contributed by atoms with Gasteiger partial charge in [-0.25, -0.2) is 9.78 Å². The number of halogens is 1. The van der Waals surface area contributed by atoms with Crippen molar-refractivity contribution >= 4 is 27.8 Å². The number of aromatic nitrogens is 1. The molecule has 18 heavy (non-hydrogen) atoms. The minimum absolute atomic E-state index is 0.375. The van der Waals surface area contributed by atoms with Crippen molar-refractivity contribution in [3.05, 3.63) is 28.5 Å². The molecule has 1 heterocycles. The van der Waals surface area contributed by atoms with Crippen molar-refractivity contribution in [2.45, 2.75) is 32.2 Å². The van der Waals surface area contributed by atoms with Crippen molar-refractivity contribution in [3.8, 4) is 0 Å². The highest BCUT2D eigenvalue weighted by Crippen LogP contribution is 2.15. The van der Waals surface area contributed by atoms with Gasteiger partial charge in [0.25, 0.3) is 5.91 Å². The summed E-state index contributed by atoms with van der Waals surface area (Å²) in [5.41, 5.74) is -0.873. The van der Waals surface area contributed by atoms with E-state index in [0.29, 0.717) is 23.0 Å². The maximum Gasteiger partial charge on any atom is 0.329 e. The number of nitrogens with zero attached hydrogens (tertiary/aromatic N) is 1. The third-order valence-electron chi connectivity index (χ3n) is 2.60. The summed E-state index contributed by atoms with van der Waals surface area (Å²) >= 11 is 3.16. The molecule has 2 N–H and O–H groups in total. The fourth-order valence-corrected chi connectivity index (χ4v) is 1.95. The number of pyridine rings is 1. The molecular weight excluding hydrogens is 300 g/mol. The van der Waals surface area contributed by atoms with Crippen molar-refractivity contribution in [2.75, 3.05) is 0 Å². The quantitative estimate of drug-likeness (QED) is 0.817. The van der Waals surface area contributed by atoms with Crippen LogP contribution in [0.4, 0.5) is 0 Å². The molecular formula is C12H15BrN2O3. The first kappa shape index (κ1) is 14.6. The molecule has 0 radical (unpaired) electrons. The SMILES string of the molecule is CCCC(C)(NC(=O)c1ccnc(Br)c1)C(=O)O. The predicted octanol–water partition coefficient (Wildman–Crippen LogP) is 2.22. The normalized spacial score (nSPS) is 13.7. The van der Waals surface area contributed by atoms with Crippen LogP contribution >= 0.6 is 15.9 Å². The van der Waals surface area contributed by atoms with Gasteiger partial charge in [0.1, 0.15) is 10.1 Å². The number of carbonyl (C=O) groups is 2. The van der Waals surface area contributed by atoms with Crippen molar-refractivity contribution in [2.24, 2.45) is 0 Å². The molecule has 0 bridgehead atoms. The number of hydrogen-bond donors (Lipinski definition) is 2. The molecule has 1 amide bonds. The first-order valence-corrected chi connectivity index (χ1v) is 6.36. The lowest BCUT2D eigenvalue weighted by Gasteiger charge is -2.25. The Labute approximate surface area is 114 Å². The number of hydrogen-bond acceptors (Lipinski definition) is 3. The van der Waals surface area contributed by atoms with Crippen molar-refractivity contribution in [3.63, 3.8) is 0 Å². The summed E-state index contributed by atoms with van der Waals surface area (Å²) in [5, 5.41) is 11.7. The smallest absolute Gasteiger partial charge is 0.329 e. The Bertz CT molecular complexity index is 464. The van der Waals surface area contributed by atoms with Gasteiger partial charge in [0.15, 0.2) is 0 Å². The molecule has 1 rings (SSSR count). The molecule has 6 heteroatoms. The van der Waals surface area contributed by atoms with E-state index < -0.39 is 17.4 Å². The third kappa shape index (κ3) is 3.53. The summed E-state index contributed by atoms with van der Waals surface area (Å²) in [6.07, 6.45) is 2.53. The van der Waals surface area contributed by atoms with Crippen LogP contribution in [0.15, 0.2) is 22.9 Å². The Kier molecular flexibility index (Phi) is 4.84. The fourth-order valence-electron chi connectivity index (χ4n) is 1.59. The molecule has 0 aromatic carbocycles. The van der Waals surface area contributed by atoms with Gasteiger partial charge in [-0.15, -0.1) is 0 Å². The van der Waals surface area contributed by atoms with E-state index in [-0.39, 0.29) is 0 Å². The van der Waals surface area contributed by atoms with E-state index in [4.69, 9.17) is 0 Å². The topological polar surface area (TPSA) is 79.3 Å². The third-order valence-corrected chi connectivity index (χ3v) is 3.03. The second-order valence-electron chi connectivity index (χ2n) is 4.21. The second-order valence-corrected chi connectivity index (χ2v) is 5.02. The Balaban J connectivity index is 2.88. The molecule has 0 aliphatic heterocycles. The van der Waals surface area contributed by atoms with E-state index in [1.165, 1.54) is 19.2 Å². The first-order valence-electron chi connectivity index (χ1n) is 5.56. The molecule has 1 unspecified atom stereocenters. The number of carbonyl (C=O) groups excluding carboxylic acids is 1. The van der Waals surface area contributed by atoms with Gasteiger partial charge in [-0.2, -0.15) is 0 Å². The van der Waals surface area contributed by atoms with Crippen LogP contribution in [0.25, 0.3) is 0 Å². The van der Waals surface area contributed by atoms with Crippen LogP contribution in [0.5, 0.6) is 0 Å².